The molecule has 0 spiro atoms. The molecule has 0 N–H and O–H groups in total. The Hall–Kier alpha value is -2.77. The van der Waals surface area contributed by atoms with E-state index in [1.807, 2.05) is 18.7 Å². The number of carbonyl (C=O) groups excluding carboxylic acids is 1. The van der Waals surface area contributed by atoms with E-state index < -0.39 is 0 Å². The van der Waals surface area contributed by atoms with E-state index in [4.69, 9.17) is 9.47 Å². The molecule has 1 unspecified atom stereocenters. The van der Waals surface area contributed by atoms with Gasteiger partial charge >= 0.3 is 5.69 Å². The van der Waals surface area contributed by atoms with Crippen LogP contribution in [0, 0.1) is 0 Å². The number of likely N-dealkylation sites (tertiary alicyclic amines) is 1. The first-order valence-corrected chi connectivity index (χ1v) is 9.60. The van der Waals surface area contributed by atoms with E-state index in [0.29, 0.717) is 18.8 Å². The molecule has 0 bridgehead atoms. The van der Waals surface area contributed by atoms with Gasteiger partial charge in [-0.2, -0.15) is 5.10 Å². The van der Waals surface area contributed by atoms with Crippen LogP contribution in [0.1, 0.15) is 44.5 Å². The van der Waals surface area contributed by atoms with Crippen LogP contribution in [0.25, 0.3) is 0 Å². The lowest BCUT2D eigenvalue weighted by molar-refractivity contribution is -0.134. The van der Waals surface area contributed by atoms with Gasteiger partial charge in [0.1, 0.15) is 17.3 Å². The largest absolute Gasteiger partial charge is 0.497 e. The predicted octanol–water partition coefficient (Wildman–Crippen LogP) is 1.96. The highest BCUT2D eigenvalue weighted by Gasteiger charge is 2.30. The van der Waals surface area contributed by atoms with E-state index >= 15 is 0 Å². The lowest BCUT2D eigenvalue weighted by Gasteiger charge is -2.32. The number of nitrogens with zero attached hydrogens (tertiary/aromatic N) is 4. The van der Waals surface area contributed by atoms with Gasteiger partial charge in [-0.15, -0.1) is 0 Å². The number of methoxy groups -OCH3 is 1. The Kier molecular flexibility index (Phi) is 6.06. The Bertz CT molecular complexity index is 869. The van der Waals surface area contributed by atoms with Gasteiger partial charge in [0.25, 0.3) is 5.91 Å². The van der Waals surface area contributed by atoms with Gasteiger partial charge in [0.2, 0.25) is 0 Å². The molecular weight excluding hydrogens is 360 g/mol. The number of hydrogen-bond acceptors (Lipinski definition) is 5. The van der Waals surface area contributed by atoms with Crippen LogP contribution in [0.5, 0.6) is 11.5 Å². The summed E-state index contributed by atoms with van der Waals surface area (Å²) in [6.45, 7) is 5.17. The Morgan fingerprint density at radius 2 is 1.93 bits per heavy atom. The first-order chi connectivity index (χ1) is 13.4. The molecule has 2 aromatic rings. The third-order valence-electron chi connectivity index (χ3n) is 5.06. The molecule has 1 fully saturated rings. The number of hydrogen-bond donors (Lipinski definition) is 0. The Balaban J connectivity index is 1.65. The summed E-state index contributed by atoms with van der Waals surface area (Å²) in [4.78, 5) is 26.8. The normalized spacial score (nSPS) is 17.0. The molecule has 28 heavy (non-hydrogen) atoms. The standard InChI is InChI=1S/C20H28N4O4/c1-14(2)24-19(21-22(3)20(24)26)15-6-5-11-23(12-15)18(25)13-28-17-9-7-16(27-4)8-10-17/h7-10,14-15H,5-6,11-13H2,1-4H3. The van der Waals surface area contributed by atoms with E-state index in [9.17, 15) is 9.59 Å². The van der Waals surface area contributed by atoms with Gasteiger partial charge in [-0.05, 0) is 51.0 Å². The molecule has 0 saturated carbocycles. The second-order valence-corrected chi connectivity index (χ2v) is 7.37. The van der Waals surface area contributed by atoms with Gasteiger partial charge in [-0.3, -0.25) is 9.36 Å². The highest BCUT2D eigenvalue weighted by Crippen LogP contribution is 2.26. The van der Waals surface area contributed by atoms with Crippen molar-refractivity contribution in [2.75, 3.05) is 26.8 Å². The average molecular weight is 388 g/mol. The van der Waals surface area contributed by atoms with E-state index in [-0.39, 0.29) is 30.2 Å². The number of piperidine rings is 1. The molecule has 1 saturated heterocycles. The highest BCUT2D eigenvalue weighted by molar-refractivity contribution is 5.78. The van der Waals surface area contributed by atoms with Crippen LogP contribution in [0.4, 0.5) is 0 Å². The van der Waals surface area contributed by atoms with Crippen LogP contribution < -0.4 is 15.2 Å². The Morgan fingerprint density at radius 1 is 1.25 bits per heavy atom. The fourth-order valence-electron chi connectivity index (χ4n) is 3.59. The highest BCUT2D eigenvalue weighted by atomic mass is 16.5. The number of aromatic nitrogens is 3. The summed E-state index contributed by atoms with van der Waals surface area (Å²) in [5.74, 6) is 2.12. The maximum Gasteiger partial charge on any atom is 0.345 e. The third kappa shape index (κ3) is 4.21. The van der Waals surface area contributed by atoms with Crippen LogP contribution in [0.3, 0.4) is 0 Å². The van der Waals surface area contributed by atoms with Gasteiger partial charge in [0, 0.05) is 32.1 Å². The van der Waals surface area contributed by atoms with Crippen molar-refractivity contribution >= 4 is 5.91 Å². The zero-order valence-corrected chi connectivity index (χ0v) is 16.9. The van der Waals surface area contributed by atoms with Crippen molar-refractivity contribution in [3.05, 3.63) is 40.6 Å². The molecule has 152 valence electrons. The minimum Gasteiger partial charge on any atom is -0.497 e. The predicted molar refractivity (Wildman–Crippen MR) is 105 cm³/mol. The summed E-state index contributed by atoms with van der Waals surface area (Å²) in [6.07, 6.45) is 1.79. The van der Waals surface area contributed by atoms with Crippen molar-refractivity contribution in [2.24, 2.45) is 7.05 Å². The maximum atomic E-state index is 12.6. The lowest BCUT2D eigenvalue weighted by atomic mass is 9.97. The monoisotopic (exact) mass is 388 g/mol. The second kappa shape index (κ2) is 8.50. The molecule has 1 aromatic carbocycles. The summed E-state index contributed by atoms with van der Waals surface area (Å²) in [5, 5.41) is 4.44. The summed E-state index contributed by atoms with van der Waals surface area (Å²) in [5.41, 5.74) is -0.115. The SMILES string of the molecule is COc1ccc(OCC(=O)N2CCCC(c3nn(C)c(=O)n3C(C)C)C2)cc1. The molecule has 8 heteroatoms. The van der Waals surface area contributed by atoms with Gasteiger partial charge in [-0.1, -0.05) is 0 Å². The van der Waals surface area contributed by atoms with Crippen LogP contribution in [0.2, 0.25) is 0 Å². The van der Waals surface area contributed by atoms with Gasteiger partial charge < -0.3 is 14.4 Å². The topological polar surface area (TPSA) is 78.6 Å². The number of aryl methyl sites for hydroxylation is 1. The van der Waals surface area contributed by atoms with Crippen LogP contribution in [-0.4, -0.2) is 52.0 Å². The summed E-state index contributed by atoms with van der Waals surface area (Å²) < 4.78 is 13.8. The molecule has 0 radical (unpaired) electrons. The minimum atomic E-state index is -0.115. The van der Waals surface area contributed by atoms with E-state index in [1.54, 1.807) is 43.0 Å². The van der Waals surface area contributed by atoms with Crippen LogP contribution in [-0.2, 0) is 11.8 Å². The zero-order chi connectivity index (χ0) is 20.3. The molecule has 1 atom stereocenters. The molecule has 1 amide bonds. The third-order valence-corrected chi connectivity index (χ3v) is 5.06. The van der Waals surface area contributed by atoms with Crippen molar-refractivity contribution < 1.29 is 14.3 Å². The number of amides is 1. The molecule has 1 aliphatic heterocycles. The van der Waals surface area contributed by atoms with Gasteiger partial charge in [0.15, 0.2) is 6.61 Å². The van der Waals surface area contributed by atoms with Crippen LogP contribution >= 0.6 is 0 Å². The second-order valence-electron chi connectivity index (χ2n) is 7.37. The van der Waals surface area contributed by atoms with Crippen molar-refractivity contribution in [3.63, 3.8) is 0 Å². The number of rotatable bonds is 6. The first kappa shape index (κ1) is 20.0. The van der Waals surface area contributed by atoms with Crippen molar-refractivity contribution in [1.29, 1.82) is 0 Å². The fraction of sp³-hybridized carbons (Fsp3) is 0.550. The van der Waals surface area contributed by atoms with Gasteiger partial charge in [-0.25, -0.2) is 9.48 Å². The van der Waals surface area contributed by atoms with Crippen molar-refractivity contribution in [1.82, 2.24) is 19.2 Å². The smallest absolute Gasteiger partial charge is 0.345 e. The van der Waals surface area contributed by atoms with Crippen molar-refractivity contribution in [3.8, 4) is 11.5 Å². The first-order valence-electron chi connectivity index (χ1n) is 9.60. The molecular formula is C20H28N4O4. The number of benzene rings is 1. The summed E-state index contributed by atoms with van der Waals surface area (Å²) >= 11 is 0. The number of carbonyl (C=O) groups is 1. The van der Waals surface area contributed by atoms with Crippen LogP contribution in [0.15, 0.2) is 29.1 Å². The Labute approximate surface area is 164 Å². The average Bonchev–Trinajstić information content (AvgIpc) is 3.01. The summed E-state index contributed by atoms with van der Waals surface area (Å²) in [6, 6.07) is 7.17. The molecule has 0 aliphatic carbocycles. The minimum absolute atomic E-state index is 0.0156. The molecule has 3 rings (SSSR count). The lowest BCUT2D eigenvalue weighted by Crippen LogP contribution is -2.42. The zero-order valence-electron chi connectivity index (χ0n) is 16.9. The number of ether oxygens (including phenoxy) is 2. The molecule has 2 heterocycles. The maximum absolute atomic E-state index is 12.6. The van der Waals surface area contributed by atoms with Gasteiger partial charge in [0.05, 0.1) is 7.11 Å². The van der Waals surface area contributed by atoms with E-state index in [1.165, 1.54) is 4.68 Å². The molecule has 8 nitrogen and oxygen atoms in total. The molecule has 1 aliphatic rings. The van der Waals surface area contributed by atoms with Crippen molar-refractivity contribution in [2.45, 2.75) is 38.6 Å². The summed E-state index contributed by atoms with van der Waals surface area (Å²) in [7, 11) is 3.27. The Morgan fingerprint density at radius 3 is 2.57 bits per heavy atom. The van der Waals surface area contributed by atoms with E-state index in [0.717, 1.165) is 24.4 Å². The molecule has 1 aromatic heterocycles. The quantitative estimate of drug-likeness (QED) is 0.756. The fourth-order valence-corrected chi connectivity index (χ4v) is 3.59. The van der Waals surface area contributed by atoms with E-state index in [2.05, 4.69) is 5.10 Å².